The van der Waals surface area contributed by atoms with E-state index in [0.717, 1.165) is 21.3 Å². The largest absolute Gasteiger partial charge is 0.309 e. The van der Waals surface area contributed by atoms with Crippen LogP contribution in [0.1, 0.15) is 38.1 Å². The maximum atomic E-state index is 6.11. The van der Waals surface area contributed by atoms with Crippen molar-refractivity contribution in [2.24, 2.45) is 11.3 Å². The van der Waals surface area contributed by atoms with Crippen LogP contribution < -0.4 is 5.32 Å². The molecule has 1 aliphatic rings. The molecule has 0 amide bonds. The molecule has 1 nitrogen and oxygen atoms in total. The summed E-state index contributed by atoms with van der Waals surface area (Å²) in [6, 6.07) is 2.63. The minimum Gasteiger partial charge on any atom is -0.309 e. The molecular weight excluding hydrogens is 306 g/mol. The highest BCUT2D eigenvalue weighted by molar-refractivity contribution is 9.10. The van der Waals surface area contributed by atoms with Crippen LogP contribution in [-0.2, 0) is 0 Å². The molecule has 16 heavy (non-hydrogen) atoms. The smallest absolute Gasteiger partial charge is 0.107 e. The second-order valence-electron chi connectivity index (χ2n) is 5.10. The molecule has 1 saturated carbocycles. The van der Waals surface area contributed by atoms with Crippen LogP contribution in [0.5, 0.6) is 0 Å². The zero-order valence-corrected chi connectivity index (χ0v) is 13.0. The van der Waals surface area contributed by atoms with Crippen molar-refractivity contribution in [3.63, 3.8) is 0 Å². The Balaban J connectivity index is 2.20. The lowest BCUT2D eigenvalue weighted by atomic mass is 10.0. The second kappa shape index (κ2) is 4.60. The third-order valence-electron chi connectivity index (χ3n) is 3.39. The van der Waals surface area contributed by atoms with Gasteiger partial charge in [0.2, 0.25) is 0 Å². The van der Waals surface area contributed by atoms with Gasteiger partial charge in [0.05, 0.1) is 0 Å². The third kappa shape index (κ3) is 2.47. The van der Waals surface area contributed by atoms with Gasteiger partial charge in [0.1, 0.15) is 4.34 Å². The van der Waals surface area contributed by atoms with Gasteiger partial charge in [-0.3, -0.25) is 0 Å². The quantitative estimate of drug-likeness (QED) is 0.834. The van der Waals surface area contributed by atoms with E-state index in [1.54, 1.807) is 11.3 Å². The van der Waals surface area contributed by atoms with Crippen LogP contribution in [0.2, 0.25) is 4.34 Å². The van der Waals surface area contributed by atoms with E-state index in [-0.39, 0.29) is 0 Å². The minimum absolute atomic E-state index is 0.466. The number of rotatable bonds is 4. The van der Waals surface area contributed by atoms with Crippen LogP contribution >= 0.6 is 38.9 Å². The van der Waals surface area contributed by atoms with Gasteiger partial charge < -0.3 is 5.32 Å². The highest BCUT2D eigenvalue weighted by Crippen LogP contribution is 2.58. The van der Waals surface area contributed by atoms with Gasteiger partial charge in [-0.25, -0.2) is 0 Å². The van der Waals surface area contributed by atoms with E-state index in [2.05, 4.69) is 48.1 Å². The standard InChI is InChI=1S/C12H17BrClNS/c1-4-15-10(7-6-12(7,2)3)9-5-8(13)11(14)16-9/h5,7,10,15H,4,6H2,1-3H3. The molecule has 4 heteroatoms. The van der Waals surface area contributed by atoms with Gasteiger partial charge >= 0.3 is 0 Å². The first kappa shape index (κ1) is 12.9. The zero-order chi connectivity index (χ0) is 11.9. The Morgan fingerprint density at radius 3 is 2.69 bits per heavy atom. The summed E-state index contributed by atoms with van der Waals surface area (Å²) in [5, 5.41) is 3.59. The van der Waals surface area contributed by atoms with Crippen molar-refractivity contribution in [2.75, 3.05) is 6.54 Å². The van der Waals surface area contributed by atoms with Gasteiger partial charge in [-0.05, 0) is 46.3 Å². The second-order valence-corrected chi connectivity index (χ2v) is 7.65. The number of halogens is 2. The minimum atomic E-state index is 0.466. The van der Waals surface area contributed by atoms with Crippen molar-refractivity contribution in [1.82, 2.24) is 5.32 Å². The molecule has 1 heterocycles. The molecule has 1 N–H and O–H groups in total. The summed E-state index contributed by atoms with van der Waals surface area (Å²) in [5.74, 6) is 0.745. The van der Waals surface area contributed by atoms with Gasteiger partial charge in [0, 0.05) is 15.4 Å². The molecule has 0 aliphatic heterocycles. The monoisotopic (exact) mass is 321 g/mol. The first-order chi connectivity index (χ1) is 7.45. The number of nitrogens with one attached hydrogen (secondary N) is 1. The van der Waals surface area contributed by atoms with E-state index in [1.807, 2.05) is 0 Å². The van der Waals surface area contributed by atoms with Crippen molar-refractivity contribution in [3.8, 4) is 0 Å². The lowest BCUT2D eigenvalue weighted by molar-refractivity contribution is 0.428. The van der Waals surface area contributed by atoms with Gasteiger partial charge in [0.25, 0.3) is 0 Å². The number of thiophene rings is 1. The SMILES string of the molecule is CCNC(c1cc(Br)c(Cl)s1)C1CC1(C)C. The highest BCUT2D eigenvalue weighted by atomic mass is 79.9. The zero-order valence-electron chi connectivity index (χ0n) is 9.81. The molecule has 2 rings (SSSR count). The summed E-state index contributed by atoms with van der Waals surface area (Å²) in [4.78, 5) is 1.36. The van der Waals surface area contributed by atoms with Crippen molar-refractivity contribution in [1.29, 1.82) is 0 Å². The average molecular weight is 323 g/mol. The van der Waals surface area contributed by atoms with Crippen molar-refractivity contribution in [3.05, 3.63) is 19.8 Å². The normalized spacial score (nSPS) is 24.4. The fourth-order valence-electron chi connectivity index (χ4n) is 2.25. The summed E-state index contributed by atoms with van der Waals surface area (Å²) in [7, 11) is 0. The Bertz CT molecular complexity index is 369. The molecule has 0 aromatic carbocycles. The summed E-state index contributed by atoms with van der Waals surface area (Å²) in [6.07, 6.45) is 1.30. The molecule has 0 bridgehead atoms. The van der Waals surface area contributed by atoms with Crippen LogP contribution in [0.15, 0.2) is 10.5 Å². The van der Waals surface area contributed by atoms with Crippen LogP contribution in [0.25, 0.3) is 0 Å². The van der Waals surface area contributed by atoms with E-state index in [1.165, 1.54) is 11.3 Å². The molecule has 2 atom stereocenters. The molecule has 1 aliphatic carbocycles. The average Bonchev–Trinajstić information content (AvgIpc) is 2.69. The predicted molar refractivity (Wildman–Crippen MR) is 75.3 cm³/mol. The van der Waals surface area contributed by atoms with Crippen LogP contribution in [-0.4, -0.2) is 6.54 Å². The third-order valence-corrected chi connectivity index (χ3v) is 5.94. The van der Waals surface area contributed by atoms with Gasteiger partial charge in [-0.15, -0.1) is 11.3 Å². The summed E-state index contributed by atoms with van der Waals surface area (Å²) in [5.41, 5.74) is 0.482. The molecule has 1 fully saturated rings. The van der Waals surface area contributed by atoms with E-state index in [4.69, 9.17) is 11.6 Å². The van der Waals surface area contributed by atoms with Gasteiger partial charge in [-0.2, -0.15) is 0 Å². The Labute approximate surface area is 115 Å². The Morgan fingerprint density at radius 1 is 1.69 bits per heavy atom. The molecule has 2 unspecified atom stereocenters. The van der Waals surface area contributed by atoms with E-state index in [0.29, 0.717) is 11.5 Å². The maximum Gasteiger partial charge on any atom is 0.107 e. The Kier molecular flexibility index (Phi) is 3.70. The molecule has 1 aromatic heterocycles. The molecule has 1 aromatic rings. The fourth-order valence-corrected chi connectivity index (χ4v) is 4.13. The Hall–Kier alpha value is 0.430. The van der Waals surface area contributed by atoms with E-state index >= 15 is 0 Å². The molecule has 90 valence electrons. The van der Waals surface area contributed by atoms with Crippen LogP contribution in [0.4, 0.5) is 0 Å². The molecule has 0 spiro atoms. The lowest BCUT2D eigenvalue weighted by Crippen LogP contribution is -2.23. The Morgan fingerprint density at radius 2 is 2.31 bits per heavy atom. The predicted octanol–water partition coefficient (Wildman–Crippen LogP) is 4.86. The van der Waals surface area contributed by atoms with Crippen LogP contribution in [0.3, 0.4) is 0 Å². The summed E-state index contributed by atoms with van der Waals surface area (Å²) >= 11 is 11.3. The first-order valence-electron chi connectivity index (χ1n) is 5.64. The first-order valence-corrected chi connectivity index (χ1v) is 7.62. The van der Waals surface area contributed by atoms with Gasteiger partial charge in [0.15, 0.2) is 0 Å². The number of hydrogen-bond donors (Lipinski definition) is 1. The molecule has 0 saturated heterocycles. The summed E-state index contributed by atoms with van der Waals surface area (Å²) < 4.78 is 1.88. The maximum absolute atomic E-state index is 6.11. The van der Waals surface area contributed by atoms with Crippen molar-refractivity contribution in [2.45, 2.75) is 33.2 Å². The topological polar surface area (TPSA) is 12.0 Å². The van der Waals surface area contributed by atoms with Crippen molar-refractivity contribution >= 4 is 38.9 Å². The summed E-state index contributed by atoms with van der Waals surface area (Å²) in [6.45, 7) is 7.84. The fraction of sp³-hybridized carbons (Fsp3) is 0.667. The lowest BCUT2D eigenvalue weighted by Gasteiger charge is -2.18. The number of hydrogen-bond acceptors (Lipinski definition) is 2. The van der Waals surface area contributed by atoms with E-state index < -0.39 is 0 Å². The highest BCUT2D eigenvalue weighted by Gasteiger charge is 2.50. The van der Waals surface area contributed by atoms with Crippen LogP contribution in [0, 0.1) is 11.3 Å². The van der Waals surface area contributed by atoms with Gasteiger partial charge in [-0.1, -0.05) is 32.4 Å². The van der Waals surface area contributed by atoms with E-state index in [9.17, 15) is 0 Å². The molecular formula is C12H17BrClNS. The van der Waals surface area contributed by atoms with Crippen molar-refractivity contribution < 1.29 is 0 Å². The molecule has 0 radical (unpaired) electrons.